The van der Waals surface area contributed by atoms with Crippen LogP contribution >= 0.6 is 0 Å². The van der Waals surface area contributed by atoms with Crippen LogP contribution in [0, 0.1) is 0 Å². The van der Waals surface area contributed by atoms with E-state index in [1.807, 2.05) is 6.92 Å². The average molecular weight is 90.1 g/mol. The minimum Gasteiger partial charge on any atom is -0.229 e. The molecule has 0 saturated carbocycles. The second-order valence-electron chi connectivity index (χ2n) is 1.07. The van der Waals surface area contributed by atoms with Crippen LogP contribution in [0.15, 0.2) is 0 Å². The predicted molar refractivity (Wildman–Crippen MR) is 23.2 cm³/mol. The molecule has 0 amide bonds. The number of alkyl halides is 1. The van der Waals surface area contributed by atoms with E-state index < -0.39 is 6.30 Å². The molecule has 1 atom stereocenters. The molecule has 0 N–H and O–H groups in total. The second kappa shape index (κ2) is 3.09. The molecule has 0 aromatic rings. The normalized spacial score (nSPS) is 14.5. The van der Waals surface area contributed by atoms with E-state index >= 15 is 0 Å². The lowest BCUT2D eigenvalue weighted by Crippen LogP contribution is -2.11. The van der Waals surface area contributed by atoms with Crippen LogP contribution in [0.1, 0.15) is 13.8 Å². The van der Waals surface area contributed by atoms with Gasteiger partial charge in [0.05, 0.1) is 0 Å². The molecule has 0 spiro atoms. The molecule has 1 nitrogen and oxygen atoms in total. The highest BCUT2D eigenvalue weighted by Crippen LogP contribution is 1.79. The van der Waals surface area contributed by atoms with Gasteiger partial charge in [0.1, 0.15) is 0 Å². The highest BCUT2D eigenvalue weighted by Gasteiger charge is 1.89. The van der Waals surface area contributed by atoms with Crippen molar-refractivity contribution in [3.63, 3.8) is 0 Å². The quantitative estimate of drug-likeness (QED) is 0.448. The summed E-state index contributed by atoms with van der Waals surface area (Å²) in [4.78, 5) is 0. The number of rotatable bonds is 2. The summed E-state index contributed by atoms with van der Waals surface area (Å²) in [6.45, 7) is 3.82. The summed E-state index contributed by atoms with van der Waals surface area (Å²) >= 11 is 0. The molecular formula is C4H9FN. The summed E-state index contributed by atoms with van der Waals surface area (Å²) in [6, 6.07) is 0. The molecule has 0 aliphatic carbocycles. The Morgan fingerprint density at radius 3 is 2.33 bits per heavy atom. The predicted octanol–water partition coefficient (Wildman–Crippen LogP) is 0.926. The van der Waals surface area contributed by atoms with Crippen molar-refractivity contribution in [2.75, 3.05) is 6.54 Å². The third-order valence-corrected chi connectivity index (χ3v) is 0.434. The Morgan fingerprint density at radius 1 is 1.83 bits per heavy atom. The SMILES string of the molecule is CC[N]C(C)F. The number of nitrogens with zero attached hydrogens (tertiary/aromatic N) is 1. The molecule has 0 heterocycles. The molecule has 0 aromatic heterocycles. The monoisotopic (exact) mass is 90.1 g/mol. The molecule has 0 aliphatic rings. The van der Waals surface area contributed by atoms with E-state index in [0.717, 1.165) is 0 Å². The molecule has 1 unspecified atom stereocenters. The van der Waals surface area contributed by atoms with Crippen LogP contribution in [0.5, 0.6) is 0 Å². The first-order valence-electron chi connectivity index (χ1n) is 2.08. The van der Waals surface area contributed by atoms with E-state index in [9.17, 15) is 4.39 Å². The number of hydrogen-bond donors (Lipinski definition) is 0. The van der Waals surface area contributed by atoms with Gasteiger partial charge in [0, 0.05) is 6.54 Å². The van der Waals surface area contributed by atoms with Crippen molar-refractivity contribution in [1.29, 1.82) is 0 Å². The molecule has 0 aliphatic heterocycles. The Hall–Kier alpha value is -0.110. The van der Waals surface area contributed by atoms with Crippen LogP contribution in [0.3, 0.4) is 0 Å². The van der Waals surface area contributed by atoms with Gasteiger partial charge in [-0.15, -0.1) is 0 Å². The topological polar surface area (TPSA) is 14.1 Å². The number of hydrogen-bond acceptors (Lipinski definition) is 0. The van der Waals surface area contributed by atoms with Gasteiger partial charge in [-0.2, -0.15) is 0 Å². The lowest BCUT2D eigenvalue weighted by Gasteiger charge is -1.93. The highest BCUT2D eigenvalue weighted by molar-refractivity contribution is 4.36. The summed E-state index contributed by atoms with van der Waals surface area (Å²) < 4.78 is 11.5. The third-order valence-electron chi connectivity index (χ3n) is 0.434. The molecule has 37 valence electrons. The van der Waals surface area contributed by atoms with Crippen molar-refractivity contribution in [2.24, 2.45) is 0 Å². The van der Waals surface area contributed by atoms with E-state index in [2.05, 4.69) is 5.32 Å². The van der Waals surface area contributed by atoms with Crippen LogP contribution < -0.4 is 5.32 Å². The molecule has 1 radical (unpaired) electrons. The van der Waals surface area contributed by atoms with Crippen LogP contribution in [0.2, 0.25) is 0 Å². The van der Waals surface area contributed by atoms with Gasteiger partial charge >= 0.3 is 0 Å². The molecule has 0 saturated heterocycles. The Balaban J connectivity index is 2.63. The maximum Gasteiger partial charge on any atom is 0.163 e. The molecule has 0 rings (SSSR count). The molecule has 2 heteroatoms. The summed E-state index contributed by atoms with van der Waals surface area (Å²) in [5, 5.41) is 3.46. The summed E-state index contributed by atoms with van der Waals surface area (Å²) in [7, 11) is 0. The Bertz CT molecular complexity index is 28.7. The van der Waals surface area contributed by atoms with Crippen molar-refractivity contribution in [1.82, 2.24) is 5.32 Å². The first kappa shape index (κ1) is 5.89. The Morgan fingerprint density at radius 2 is 2.33 bits per heavy atom. The number of halogens is 1. The van der Waals surface area contributed by atoms with Gasteiger partial charge in [-0.05, 0) is 6.92 Å². The zero-order valence-corrected chi connectivity index (χ0v) is 4.11. The minimum absolute atomic E-state index is 0.581. The summed E-state index contributed by atoms with van der Waals surface area (Å²) in [5.41, 5.74) is 0. The van der Waals surface area contributed by atoms with Crippen molar-refractivity contribution in [3.8, 4) is 0 Å². The van der Waals surface area contributed by atoms with Gasteiger partial charge < -0.3 is 0 Å². The third kappa shape index (κ3) is 3.89. The zero-order valence-electron chi connectivity index (χ0n) is 4.11. The van der Waals surface area contributed by atoms with Crippen molar-refractivity contribution >= 4 is 0 Å². The van der Waals surface area contributed by atoms with Crippen LogP contribution in [0.25, 0.3) is 0 Å². The van der Waals surface area contributed by atoms with Gasteiger partial charge in [-0.25, -0.2) is 9.71 Å². The highest BCUT2D eigenvalue weighted by atomic mass is 19.1. The molecular weight excluding hydrogens is 81.0 g/mol. The van der Waals surface area contributed by atoms with Gasteiger partial charge in [0.2, 0.25) is 0 Å². The Labute approximate surface area is 37.5 Å². The maximum absolute atomic E-state index is 11.5. The molecule has 0 bridgehead atoms. The maximum atomic E-state index is 11.5. The largest absolute Gasteiger partial charge is 0.229 e. The van der Waals surface area contributed by atoms with Gasteiger partial charge in [0.15, 0.2) is 6.30 Å². The van der Waals surface area contributed by atoms with Crippen molar-refractivity contribution < 1.29 is 4.39 Å². The second-order valence-corrected chi connectivity index (χ2v) is 1.07. The first-order valence-corrected chi connectivity index (χ1v) is 2.08. The van der Waals surface area contributed by atoms with Crippen LogP contribution in [0.4, 0.5) is 4.39 Å². The molecule has 0 fully saturated rings. The van der Waals surface area contributed by atoms with E-state index in [1.165, 1.54) is 6.92 Å². The molecule has 6 heavy (non-hydrogen) atoms. The Kier molecular flexibility index (Phi) is 3.04. The standard InChI is InChI=1S/C4H9FN/c1-3-6-4(2)5/h4H,3H2,1-2H3. The fraction of sp³-hybridized carbons (Fsp3) is 1.00. The van der Waals surface area contributed by atoms with E-state index in [0.29, 0.717) is 6.54 Å². The van der Waals surface area contributed by atoms with Gasteiger partial charge in [0.25, 0.3) is 0 Å². The lowest BCUT2D eigenvalue weighted by molar-refractivity contribution is 0.298. The van der Waals surface area contributed by atoms with Crippen LogP contribution in [-0.4, -0.2) is 12.8 Å². The molecule has 0 aromatic carbocycles. The van der Waals surface area contributed by atoms with Gasteiger partial charge in [-0.3, -0.25) is 0 Å². The fourth-order valence-corrected chi connectivity index (χ4v) is 0.252. The fourth-order valence-electron chi connectivity index (χ4n) is 0.252. The van der Waals surface area contributed by atoms with E-state index in [4.69, 9.17) is 0 Å². The summed E-state index contributed by atoms with van der Waals surface area (Å²) in [5.74, 6) is 0. The van der Waals surface area contributed by atoms with Gasteiger partial charge in [-0.1, -0.05) is 6.92 Å². The first-order chi connectivity index (χ1) is 2.77. The lowest BCUT2D eigenvalue weighted by atomic mass is 10.6. The van der Waals surface area contributed by atoms with E-state index in [1.54, 1.807) is 0 Å². The summed E-state index contributed by atoms with van der Waals surface area (Å²) in [6.07, 6.45) is -0.977. The zero-order chi connectivity index (χ0) is 4.99. The average Bonchev–Trinajstić information content (AvgIpc) is 1.35. The minimum atomic E-state index is -0.977. The van der Waals surface area contributed by atoms with Crippen LogP contribution in [-0.2, 0) is 0 Å². The van der Waals surface area contributed by atoms with E-state index in [-0.39, 0.29) is 0 Å². The smallest absolute Gasteiger partial charge is 0.163 e. The van der Waals surface area contributed by atoms with Crippen molar-refractivity contribution in [3.05, 3.63) is 0 Å². The van der Waals surface area contributed by atoms with Crippen molar-refractivity contribution in [2.45, 2.75) is 20.1 Å².